The summed E-state index contributed by atoms with van der Waals surface area (Å²) in [7, 11) is 0. The smallest absolute Gasteiger partial charge is 0.111 e. The third-order valence-corrected chi connectivity index (χ3v) is 1.76. The number of aromatic nitrogens is 1. The van der Waals surface area contributed by atoms with Crippen LogP contribution in [0.1, 0.15) is 5.56 Å². The van der Waals surface area contributed by atoms with Gasteiger partial charge in [-0.1, -0.05) is 18.2 Å². The second-order valence-corrected chi connectivity index (χ2v) is 2.54. The highest BCUT2D eigenvalue weighted by Crippen LogP contribution is 2.14. The molecule has 0 bridgehead atoms. The number of nitrogens with zero attached hydrogens (tertiary/aromatic N) is 1. The predicted molar refractivity (Wildman–Crippen MR) is 48.6 cm³/mol. The van der Waals surface area contributed by atoms with Gasteiger partial charge in [0.05, 0.1) is 17.3 Å². The summed E-state index contributed by atoms with van der Waals surface area (Å²) in [6.07, 6.45) is 4.07. The molecule has 1 radical (unpaired) electrons. The van der Waals surface area contributed by atoms with Crippen molar-refractivity contribution in [1.82, 2.24) is 4.98 Å². The van der Waals surface area contributed by atoms with Crippen LogP contribution in [0.25, 0.3) is 10.9 Å². The molecule has 2 aromatic rings. The average Bonchev–Trinajstić information content (AvgIpc) is 2.19. The van der Waals surface area contributed by atoms with Crippen molar-refractivity contribution in [3.63, 3.8) is 0 Å². The zero-order valence-corrected chi connectivity index (χ0v) is 6.71. The number of para-hydroxylation sites is 1. The minimum Gasteiger partial charge on any atom is -0.245 e. The quantitative estimate of drug-likeness (QED) is 0.553. The van der Waals surface area contributed by atoms with Gasteiger partial charge in [0.1, 0.15) is 6.17 Å². The first-order valence-electron chi connectivity index (χ1n) is 3.79. The number of hydrogen-bond acceptors (Lipinski definition) is 1. The van der Waals surface area contributed by atoms with Crippen molar-refractivity contribution in [3.8, 4) is 12.1 Å². The molecule has 0 aliphatic heterocycles. The molecule has 0 unspecified atom stereocenters. The van der Waals surface area contributed by atoms with Crippen LogP contribution in [-0.2, 0) is 0 Å². The highest BCUT2D eigenvalue weighted by atomic mass is 19.1. The van der Waals surface area contributed by atoms with Crippen LogP contribution < -0.4 is 0 Å². The summed E-state index contributed by atoms with van der Waals surface area (Å²) >= 11 is 0. The van der Waals surface area contributed by atoms with Gasteiger partial charge in [-0.15, -0.1) is 4.39 Å². The van der Waals surface area contributed by atoms with Crippen LogP contribution in [-0.4, -0.2) is 4.98 Å². The van der Waals surface area contributed by atoms with E-state index in [-0.39, 0.29) is 0 Å². The van der Waals surface area contributed by atoms with Gasteiger partial charge in [0.15, 0.2) is 0 Å². The second-order valence-electron chi connectivity index (χ2n) is 2.54. The first-order valence-corrected chi connectivity index (χ1v) is 3.79. The zero-order valence-electron chi connectivity index (χ0n) is 6.71. The number of fused-ring (bicyclic) bond motifs is 1. The molecule has 0 saturated carbocycles. The van der Waals surface area contributed by atoms with E-state index in [1.165, 1.54) is 6.17 Å². The lowest BCUT2D eigenvalue weighted by Crippen LogP contribution is -1.82. The molecular weight excluding hydrogens is 165 g/mol. The first-order chi connectivity index (χ1) is 6.42. The van der Waals surface area contributed by atoms with E-state index in [1.54, 1.807) is 12.1 Å². The van der Waals surface area contributed by atoms with Gasteiger partial charge in [0.25, 0.3) is 0 Å². The molecule has 61 valence electrons. The predicted octanol–water partition coefficient (Wildman–Crippen LogP) is 2.31. The van der Waals surface area contributed by atoms with Gasteiger partial charge < -0.3 is 0 Å². The topological polar surface area (TPSA) is 12.9 Å². The Bertz CT molecular complexity index is 489. The van der Waals surface area contributed by atoms with Crippen LogP contribution in [0.15, 0.2) is 30.3 Å². The maximum absolute atomic E-state index is 11.8. The summed E-state index contributed by atoms with van der Waals surface area (Å²) in [6.45, 7) is 0. The van der Waals surface area contributed by atoms with Crippen molar-refractivity contribution in [2.24, 2.45) is 0 Å². The minimum atomic E-state index is 0.594. The normalized spacial score (nSPS) is 9.31. The Kier molecular flexibility index (Phi) is 1.93. The van der Waals surface area contributed by atoms with Gasteiger partial charge in [-0.05, 0) is 18.1 Å². The minimum absolute atomic E-state index is 0.594. The zero-order chi connectivity index (χ0) is 9.10. The Labute approximate surface area is 75.2 Å². The molecular formula is C11H5FN. The summed E-state index contributed by atoms with van der Waals surface area (Å²) in [6, 6.07) is 9.04. The second kappa shape index (κ2) is 3.24. The Balaban J connectivity index is 2.80. The Morgan fingerprint density at radius 2 is 2.23 bits per heavy atom. The molecule has 0 spiro atoms. The summed E-state index contributed by atoms with van der Waals surface area (Å²) in [5.74, 6) is 2.35. The number of rotatable bonds is 0. The Morgan fingerprint density at radius 3 is 3.08 bits per heavy atom. The van der Waals surface area contributed by atoms with Gasteiger partial charge in [-0.3, -0.25) is 0 Å². The molecule has 0 fully saturated rings. The molecule has 0 aliphatic carbocycles. The molecule has 2 heteroatoms. The molecule has 0 N–H and O–H groups in total. The number of hydrogen-bond donors (Lipinski definition) is 0. The van der Waals surface area contributed by atoms with E-state index < -0.39 is 0 Å². The van der Waals surface area contributed by atoms with E-state index in [1.807, 2.05) is 18.2 Å². The molecule has 0 amide bonds. The molecule has 1 nitrogen and oxygen atoms in total. The van der Waals surface area contributed by atoms with Crippen molar-refractivity contribution in [3.05, 3.63) is 42.1 Å². The molecule has 0 saturated heterocycles. The molecule has 1 aromatic carbocycles. The van der Waals surface area contributed by atoms with Crippen molar-refractivity contribution < 1.29 is 4.39 Å². The molecule has 1 heterocycles. The molecule has 13 heavy (non-hydrogen) atoms. The maximum Gasteiger partial charge on any atom is 0.111 e. The fourth-order valence-corrected chi connectivity index (χ4v) is 1.20. The third kappa shape index (κ3) is 1.36. The van der Waals surface area contributed by atoms with Crippen LogP contribution in [0.3, 0.4) is 0 Å². The molecule has 0 aliphatic rings. The fraction of sp³-hybridized carbons (Fsp3) is 0. The largest absolute Gasteiger partial charge is 0.245 e. The van der Waals surface area contributed by atoms with Crippen LogP contribution in [0.2, 0.25) is 0 Å². The van der Waals surface area contributed by atoms with Crippen molar-refractivity contribution in [2.45, 2.75) is 0 Å². The van der Waals surface area contributed by atoms with E-state index in [2.05, 4.69) is 17.1 Å². The van der Waals surface area contributed by atoms with Gasteiger partial charge in [0.2, 0.25) is 0 Å². The molecule has 1 aromatic heterocycles. The molecule has 2 rings (SSSR count). The van der Waals surface area contributed by atoms with E-state index in [4.69, 9.17) is 0 Å². The van der Waals surface area contributed by atoms with Gasteiger partial charge in [0, 0.05) is 5.39 Å². The lowest BCUT2D eigenvalue weighted by Gasteiger charge is -1.96. The van der Waals surface area contributed by atoms with E-state index >= 15 is 0 Å². The number of pyridine rings is 1. The first kappa shape index (κ1) is 7.75. The monoisotopic (exact) mass is 170 g/mol. The van der Waals surface area contributed by atoms with Crippen molar-refractivity contribution in [1.29, 1.82) is 0 Å². The van der Waals surface area contributed by atoms with Crippen LogP contribution in [0.5, 0.6) is 0 Å². The number of halogens is 1. The summed E-state index contributed by atoms with van der Waals surface area (Å²) in [5.41, 5.74) is 1.28. The highest BCUT2D eigenvalue weighted by Gasteiger charge is 1.97. The summed E-state index contributed by atoms with van der Waals surface area (Å²) in [5, 5.41) is 0.944. The van der Waals surface area contributed by atoms with E-state index in [0.717, 1.165) is 5.39 Å². The lowest BCUT2D eigenvalue weighted by molar-refractivity contribution is 0.774. The summed E-state index contributed by atoms with van der Waals surface area (Å²) in [4.78, 5) is 4.01. The van der Waals surface area contributed by atoms with Crippen molar-refractivity contribution in [2.75, 3.05) is 0 Å². The fourth-order valence-electron chi connectivity index (χ4n) is 1.20. The van der Waals surface area contributed by atoms with Gasteiger partial charge in [-0.2, -0.15) is 0 Å². The van der Waals surface area contributed by atoms with Crippen LogP contribution in [0, 0.1) is 18.3 Å². The SMILES string of the molecule is FC#Cc1cccc2cc[c]nc12. The number of benzene rings is 1. The average molecular weight is 170 g/mol. The van der Waals surface area contributed by atoms with Gasteiger partial charge >= 0.3 is 0 Å². The van der Waals surface area contributed by atoms with Crippen molar-refractivity contribution >= 4 is 10.9 Å². The lowest BCUT2D eigenvalue weighted by atomic mass is 10.1. The standard InChI is InChI=1S/C11H5FN/c12-7-6-10-4-1-3-9-5-2-8-13-11(9)10/h1-5H. The van der Waals surface area contributed by atoms with Crippen LogP contribution >= 0.6 is 0 Å². The Morgan fingerprint density at radius 1 is 1.31 bits per heavy atom. The molecule has 0 atom stereocenters. The van der Waals surface area contributed by atoms with Gasteiger partial charge in [-0.25, -0.2) is 4.98 Å². The van der Waals surface area contributed by atoms with E-state index in [0.29, 0.717) is 11.1 Å². The maximum atomic E-state index is 11.8. The summed E-state index contributed by atoms with van der Waals surface area (Å²) < 4.78 is 11.8. The highest BCUT2D eigenvalue weighted by molar-refractivity contribution is 5.83. The third-order valence-electron chi connectivity index (χ3n) is 1.76. The van der Waals surface area contributed by atoms with Crippen LogP contribution in [0.4, 0.5) is 4.39 Å². The Hall–Kier alpha value is -1.88. The van der Waals surface area contributed by atoms with E-state index in [9.17, 15) is 4.39 Å².